The molecule has 2 N–H and O–H groups in total. The Labute approximate surface area is 190 Å². The first-order valence-corrected chi connectivity index (χ1v) is 9.81. The van der Waals surface area contributed by atoms with Crippen molar-refractivity contribution >= 4 is 28.5 Å². The Morgan fingerprint density at radius 1 is 1.03 bits per heavy atom. The van der Waals surface area contributed by atoms with Gasteiger partial charge in [-0.3, -0.25) is 4.79 Å². The molecule has 0 aliphatic heterocycles. The number of fused-ring (bicyclic) bond motifs is 1. The Bertz CT molecular complexity index is 1390. The molecule has 10 heteroatoms. The number of rotatable bonds is 6. The summed E-state index contributed by atoms with van der Waals surface area (Å²) in [4.78, 5) is 23.0. The van der Waals surface area contributed by atoms with Crippen LogP contribution in [0, 0.1) is 0 Å². The van der Waals surface area contributed by atoms with Gasteiger partial charge in [0.15, 0.2) is 0 Å². The van der Waals surface area contributed by atoms with Crippen LogP contribution in [0.2, 0.25) is 0 Å². The summed E-state index contributed by atoms with van der Waals surface area (Å²) in [7, 11) is 0. The lowest BCUT2D eigenvalue weighted by Crippen LogP contribution is -2.17. The van der Waals surface area contributed by atoms with Crippen molar-refractivity contribution in [2.75, 3.05) is 5.32 Å². The molecule has 0 spiro atoms. The Hall–Kier alpha value is -4.60. The minimum absolute atomic E-state index is 0.0529. The number of carboxylic acid groups (broad SMARTS) is 1. The van der Waals surface area contributed by atoms with E-state index in [9.17, 15) is 27.9 Å². The number of aromatic carboxylic acids is 1. The fourth-order valence-corrected chi connectivity index (χ4v) is 3.35. The summed E-state index contributed by atoms with van der Waals surface area (Å²) in [6.07, 6.45) is -3.67. The van der Waals surface area contributed by atoms with E-state index < -0.39 is 12.3 Å². The minimum Gasteiger partial charge on any atom is -0.478 e. The fourth-order valence-electron chi connectivity index (χ4n) is 3.35. The third-order valence-corrected chi connectivity index (χ3v) is 4.85. The SMILES string of the molecule is C=CC(=O)Nc1ccc(-c2nn(-c3ccc(OC(F)(F)F)cc3)c3ccc(C(=O)O)cc23)cc1. The molecule has 0 aliphatic carbocycles. The van der Waals surface area contributed by atoms with Crippen molar-refractivity contribution in [3.63, 3.8) is 0 Å². The van der Waals surface area contributed by atoms with Crippen LogP contribution in [0.3, 0.4) is 0 Å². The molecule has 3 aromatic carbocycles. The predicted octanol–water partition coefficient (Wildman–Crippen LogP) is 5.41. The number of anilines is 1. The van der Waals surface area contributed by atoms with Crippen molar-refractivity contribution in [1.29, 1.82) is 0 Å². The maximum absolute atomic E-state index is 12.5. The first-order chi connectivity index (χ1) is 16.1. The molecule has 4 rings (SSSR count). The van der Waals surface area contributed by atoms with Crippen LogP contribution in [0.4, 0.5) is 18.9 Å². The van der Waals surface area contributed by atoms with Gasteiger partial charge in [-0.1, -0.05) is 18.7 Å². The molecular formula is C24H16F3N3O4. The van der Waals surface area contributed by atoms with E-state index in [0.717, 1.165) is 6.08 Å². The van der Waals surface area contributed by atoms with Crippen molar-refractivity contribution in [2.24, 2.45) is 0 Å². The highest BCUT2D eigenvalue weighted by atomic mass is 19.4. The zero-order valence-electron chi connectivity index (χ0n) is 17.3. The van der Waals surface area contributed by atoms with Gasteiger partial charge in [0.2, 0.25) is 5.91 Å². The predicted molar refractivity (Wildman–Crippen MR) is 119 cm³/mol. The van der Waals surface area contributed by atoms with E-state index in [1.807, 2.05) is 0 Å². The van der Waals surface area contributed by atoms with E-state index in [1.165, 1.54) is 41.1 Å². The summed E-state index contributed by atoms with van der Waals surface area (Å²) in [5, 5.41) is 17.2. The number of benzene rings is 3. The Morgan fingerprint density at radius 2 is 1.71 bits per heavy atom. The molecule has 34 heavy (non-hydrogen) atoms. The standard InChI is InChI=1S/C24H16F3N3O4/c1-2-21(31)28-16-6-3-14(4-7-16)22-19-13-15(23(32)33)5-12-20(19)30(29-22)17-8-10-18(11-9-17)34-24(25,26)27/h2-13H,1H2,(H,28,31)(H,32,33). The van der Waals surface area contributed by atoms with Crippen LogP contribution in [0.15, 0.2) is 79.4 Å². The van der Waals surface area contributed by atoms with Crippen LogP contribution in [-0.2, 0) is 4.79 Å². The number of carboxylic acids is 1. The number of hydrogen-bond donors (Lipinski definition) is 2. The first-order valence-electron chi connectivity index (χ1n) is 9.81. The van der Waals surface area contributed by atoms with E-state index in [1.54, 1.807) is 30.3 Å². The molecular weight excluding hydrogens is 451 g/mol. The highest BCUT2D eigenvalue weighted by Crippen LogP contribution is 2.32. The van der Waals surface area contributed by atoms with Crippen LogP contribution in [0.1, 0.15) is 10.4 Å². The minimum atomic E-state index is -4.81. The Kier molecular flexibility index (Phi) is 5.80. The number of nitrogens with zero attached hydrogens (tertiary/aromatic N) is 2. The van der Waals surface area contributed by atoms with Gasteiger partial charge in [-0.2, -0.15) is 5.10 Å². The first kappa shape index (κ1) is 22.6. The second-order valence-electron chi connectivity index (χ2n) is 7.11. The number of hydrogen-bond acceptors (Lipinski definition) is 4. The molecule has 0 unspecified atom stereocenters. The van der Waals surface area contributed by atoms with E-state index in [2.05, 4.69) is 21.7 Å². The van der Waals surface area contributed by atoms with Crippen LogP contribution in [-0.4, -0.2) is 33.1 Å². The van der Waals surface area contributed by atoms with Crippen LogP contribution < -0.4 is 10.1 Å². The second kappa shape index (κ2) is 8.74. The lowest BCUT2D eigenvalue weighted by atomic mass is 10.1. The van der Waals surface area contributed by atoms with Gasteiger partial charge in [0.1, 0.15) is 11.4 Å². The molecule has 0 fully saturated rings. The molecule has 0 atom stereocenters. The number of carbonyl (C=O) groups excluding carboxylic acids is 1. The lowest BCUT2D eigenvalue weighted by molar-refractivity contribution is -0.274. The molecule has 0 aliphatic rings. The monoisotopic (exact) mass is 467 g/mol. The van der Waals surface area contributed by atoms with Gasteiger partial charge < -0.3 is 15.2 Å². The maximum Gasteiger partial charge on any atom is 0.573 e. The molecule has 0 saturated heterocycles. The summed E-state index contributed by atoms with van der Waals surface area (Å²) in [6, 6.07) is 16.4. The van der Waals surface area contributed by atoms with E-state index in [0.29, 0.717) is 33.5 Å². The topological polar surface area (TPSA) is 93.5 Å². The molecule has 7 nitrogen and oxygen atoms in total. The van der Waals surface area contributed by atoms with Crippen molar-refractivity contribution in [3.05, 3.63) is 84.9 Å². The molecule has 172 valence electrons. The van der Waals surface area contributed by atoms with Crippen molar-refractivity contribution < 1.29 is 32.6 Å². The van der Waals surface area contributed by atoms with Crippen LogP contribution in [0.5, 0.6) is 5.75 Å². The van der Waals surface area contributed by atoms with E-state index in [4.69, 9.17) is 0 Å². The number of ether oxygens (including phenoxy) is 1. The number of alkyl halides is 3. The van der Waals surface area contributed by atoms with Gasteiger partial charge in [-0.15, -0.1) is 13.2 Å². The Balaban J connectivity index is 1.79. The zero-order chi connectivity index (χ0) is 24.5. The average molecular weight is 467 g/mol. The molecule has 0 bridgehead atoms. The van der Waals surface area contributed by atoms with E-state index >= 15 is 0 Å². The van der Waals surface area contributed by atoms with Crippen molar-refractivity contribution in [1.82, 2.24) is 9.78 Å². The summed E-state index contributed by atoms with van der Waals surface area (Å²) in [5.74, 6) is -1.86. The van der Waals surface area contributed by atoms with Crippen LogP contribution in [0.25, 0.3) is 27.8 Å². The summed E-state index contributed by atoms with van der Waals surface area (Å²) in [6.45, 7) is 3.40. The van der Waals surface area contributed by atoms with Gasteiger partial charge in [-0.05, 0) is 60.7 Å². The quantitative estimate of drug-likeness (QED) is 0.370. The molecule has 1 aromatic heterocycles. The van der Waals surface area contributed by atoms with Gasteiger partial charge in [0.05, 0.1) is 16.8 Å². The second-order valence-corrected chi connectivity index (χ2v) is 7.11. The largest absolute Gasteiger partial charge is 0.573 e. The van der Waals surface area contributed by atoms with E-state index in [-0.39, 0.29) is 17.2 Å². The number of aromatic nitrogens is 2. The normalized spacial score (nSPS) is 11.3. The molecule has 0 radical (unpaired) electrons. The van der Waals surface area contributed by atoms with Gasteiger partial charge in [-0.25, -0.2) is 9.48 Å². The van der Waals surface area contributed by atoms with Crippen molar-refractivity contribution in [3.8, 4) is 22.7 Å². The third kappa shape index (κ3) is 4.75. The Morgan fingerprint density at radius 3 is 2.29 bits per heavy atom. The van der Waals surface area contributed by atoms with Gasteiger partial charge >= 0.3 is 12.3 Å². The maximum atomic E-state index is 12.5. The smallest absolute Gasteiger partial charge is 0.478 e. The number of carbonyl (C=O) groups is 2. The molecule has 4 aromatic rings. The summed E-state index contributed by atoms with van der Waals surface area (Å²) in [5.41, 5.74) is 2.67. The zero-order valence-corrected chi connectivity index (χ0v) is 17.3. The van der Waals surface area contributed by atoms with Gasteiger partial charge in [0.25, 0.3) is 0 Å². The third-order valence-electron chi connectivity index (χ3n) is 4.85. The molecule has 0 saturated carbocycles. The van der Waals surface area contributed by atoms with Crippen molar-refractivity contribution in [2.45, 2.75) is 6.36 Å². The van der Waals surface area contributed by atoms with Gasteiger partial charge in [0, 0.05) is 16.6 Å². The average Bonchev–Trinajstić information content (AvgIpc) is 3.18. The highest BCUT2D eigenvalue weighted by molar-refractivity contribution is 6.01. The number of halogens is 3. The number of nitrogens with one attached hydrogen (secondary N) is 1. The summed E-state index contributed by atoms with van der Waals surface area (Å²) >= 11 is 0. The molecule has 1 amide bonds. The lowest BCUT2D eigenvalue weighted by Gasteiger charge is -2.09. The summed E-state index contributed by atoms with van der Waals surface area (Å²) < 4.78 is 42.8. The fraction of sp³-hybridized carbons (Fsp3) is 0.0417. The highest BCUT2D eigenvalue weighted by Gasteiger charge is 2.31. The van der Waals surface area contributed by atoms with Crippen LogP contribution >= 0.6 is 0 Å². The molecule has 1 heterocycles. The number of amides is 1.